The summed E-state index contributed by atoms with van der Waals surface area (Å²) in [6.45, 7) is 5.14. The summed E-state index contributed by atoms with van der Waals surface area (Å²) in [5, 5.41) is 11.5. The largest absolute Gasteiger partial charge is 0.478 e. The predicted molar refractivity (Wildman–Crippen MR) is 56.0 cm³/mol. The van der Waals surface area contributed by atoms with Gasteiger partial charge in [-0.2, -0.15) is 0 Å². The first-order valence-electron chi connectivity index (χ1n) is 4.65. The molecule has 1 rings (SSSR count). The van der Waals surface area contributed by atoms with Gasteiger partial charge in [-0.05, 0) is 6.92 Å². The van der Waals surface area contributed by atoms with E-state index in [1.165, 1.54) is 6.20 Å². The third kappa shape index (κ3) is 2.37. The third-order valence-electron chi connectivity index (χ3n) is 2.07. The number of carbonyl (C=O) groups excluding carboxylic acids is 1. The van der Waals surface area contributed by atoms with Crippen molar-refractivity contribution in [3.63, 3.8) is 0 Å². The Labute approximate surface area is 87.5 Å². The van der Waals surface area contributed by atoms with E-state index >= 15 is 0 Å². The summed E-state index contributed by atoms with van der Waals surface area (Å²) in [4.78, 5) is 25.0. The SMILES string of the molecule is Cc1[nH]cc(NC(=O)C(C)C)c1C(=O)O. The highest BCUT2D eigenvalue weighted by Crippen LogP contribution is 2.19. The van der Waals surface area contributed by atoms with Gasteiger partial charge in [0, 0.05) is 17.8 Å². The number of aromatic carboxylic acids is 1. The number of carboxylic acid groups (broad SMARTS) is 1. The Hall–Kier alpha value is -1.78. The van der Waals surface area contributed by atoms with Gasteiger partial charge in [0.2, 0.25) is 5.91 Å². The molecule has 3 N–H and O–H groups in total. The van der Waals surface area contributed by atoms with E-state index in [0.717, 1.165) is 0 Å². The van der Waals surface area contributed by atoms with Crippen molar-refractivity contribution >= 4 is 17.6 Å². The van der Waals surface area contributed by atoms with Gasteiger partial charge in [-0.3, -0.25) is 4.79 Å². The molecular weight excluding hydrogens is 196 g/mol. The molecule has 15 heavy (non-hydrogen) atoms. The van der Waals surface area contributed by atoms with Crippen molar-refractivity contribution in [1.29, 1.82) is 0 Å². The molecule has 82 valence electrons. The molecule has 0 atom stereocenters. The minimum absolute atomic E-state index is 0.115. The normalized spacial score (nSPS) is 10.4. The zero-order valence-electron chi connectivity index (χ0n) is 8.92. The van der Waals surface area contributed by atoms with E-state index in [0.29, 0.717) is 11.4 Å². The maximum absolute atomic E-state index is 11.4. The fourth-order valence-corrected chi connectivity index (χ4v) is 1.18. The van der Waals surface area contributed by atoms with Crippen molar-refractivity contribution in [3.8, 4) is 0 Å². The van der Waals surface area contributed by atoms with Crippen LogP contribution in [0.4, 0.5) is 5.69 Å². The number of carboxylic acids is 1. The van der Waals surface area contributed by atoms with Crippen LogP contribution in [0.25, 0.3) is 0 Å². The van der Waals surface area contributed by atoms with Gasteiger partial charge in [0.15, 0.2) is 0 Å². The Balaban J connectivity index is 2.96. The number of anilines is 1. The van der Waals surface area contributed by atoms with Crippen molar-refractivity contribution in [2.75, 3.05) is 5.32 Å². The van der Waals surface area contributed by atoms with E-state index in [1.807, 2.05) is 0 Å². The summed E-state index contributed by atoms with van der Waals surface area (Å²) in [5.74, 6) is -1.42. The Bertz CT molecular complexity index is 393. The van der Waals surface area contributed by atoms with E-state index in [2.05, 4.69) is 10.3 Å². The number of rotatable bonds is 3. The van der Waals surface area contributed by atoms with Gasteiger partial charge < -0.3 is 15.4 Å². The number of hydrogen-bond donors (Lipinski definition) is 3. The lowest BCUT2D eigenvalue weighted by Crippen LogP contribution is -2.19. The molecule has 0 saturated heterocycles. The first-order valence-corrected chi connectivity index (χ1v) is 4.65. The van der Waals surface area contributed by atoms with E-state index < -0.39 is 5.97 Å². The number of aryl methyl sites for hydroxylation is 1. The molecule has 0 aliphatic rings. The molecule has 0 aromatic carbocycles. The highest BCUT2D eigenvalue weighted by molar-refractivity contribution is 6.01. The lowest BCUT2D eigenvalue weighted by atomic mass is 10.2. The Kier molecular flexibility index (Phi) is 3.14. The van der Waals surface area contributed by atoms with Crippen LogP contribution in [-0.2, 0) is 4.79 Å². The summed E-state index contributed by atoms with van der Waals surface area (Å²) in [7, 11) is 0. The zero-order chi connectivity index (χ0) is 11.6. The van der Waals surface area contributed by atoms with E-state index in [1.54, 1.807) is 20.8 Å². The standard InChI is InChI=1S/C10H14N2O3/c1-5(2)9(13)12-7-4-11-6(3)8(7)10(14)15/h4-5,11H,1-3H3,(H,12,13)(H,14,15). The van der Waals surface area contributed by atoms with Gasteiger partial charge >= 0.3 is 5.97 Å². The van der Waals surface area contributed by atoms with Gasteiger partial charge in [0.1, 0.15) is 5.56 Å². The fraction of sp³-hybridized carbons (Fsp3) is 0.400. The van der Waals surface area contributed by atoms with Crippen LogP contribution in [0.5, 0.6) is 0 Å². The molecule has 0 fully saturated rings. The van der Waals surface area contributed by atoms with Crippen LogP contribution in [0.3, 0.4) is 0 Å². The fourth-order valence-electron chi connectivity index (χ4n) is 1.18. The molecule has 5 heteroatoms. The van der Waals surface area contributed by atoms with Crippen LogP contribution in [-0.4, -0.2) is 22.0 Å². The number of hydrogen-bond acceptors (Lipinski definition) is 2. The van der Waals surface area contributed by atoms with E-state index in [-0.39, 0.29) is 17.4 Å². The van der Waals surface area contributed by atoms with Gasteiger partial charge in [-0.15, -0.1) is 0 Å². The maximum atomic E-state index is 11.4. The van der Waals surface area contributed by atoms with E-state index in [4.69, 9.17) is 5.11 Å². The van der Waals surface area contributed by atoms with Crippen LogP contribution < -0.4 is 5.32 Å². The zero-order valence-corrected chi connectivity index (χ0v) is 8.92. The lowest BCUT2D eigenvalue weighted by molar-refractivity contribution is -0.118. The molecule has 0 radical (unpaired) electrons. The van der Waals surface area contributed by atoms with Crippen molar-refractivity contribution in [1.82, 2.24) is 4.98 Å². The molecule has 1 aromatic heterocycles. The second-order valence-electron chi connectivity index (χ2n) is 3.65. The first-order chi connectivity index (χ1) is 6.93. The minimum Gasteiger partial charge on any atom is -0.478 e. The average molecular weight is 210 g/mol. The highest BCUT2D eigenvalue weighted by atomic mass is 16.4. The minimum atomic E-state index is -1.05. The summed E-state index contributed by atoms with van der Waals surface area (Å²) in [5.41, 5.74) is 0.962. The van der Waals surface area contributed by atoms with Crippen LogP contribution in [0, 0.1) is 12.8 Å². The van der Waals surface area contributed by atoms with Gasteiger partial charge in [0.25, 0.3) is 0 Å². The average Bonchev–Trinajstić information content (AvgIpc) is 2.46. The van der Waals surface area contributed by atoms with Gasteiger partial charge in [-0.1, -0.05) is 13.8 Å². The second kappa shape index (κ2) is 4.16. The number of H-pyrrole nitrogens is 1. The molecule has 0 aliphatic carbocycles. The van der Waals surface area contributed by atoms with Crippen LogP contribution >= 0.6 is 0 Å². The van der Waals surface area contributed by atoms with E-state index in [9.17, 15) is 9.59 Å². The summed E-state index contributed by atoms with van der Waals surface area (Å²) < 4.78 is 0. The molecule has 0 aliphatic heterocycles. The molecule has 0 unspecified atom stereocenters. The molecule has 0 saturated carbocycles. The number of nitrogens with one attached hydrogen (secondary N) is 2. The Morgan fingerprint density at radius 1 is 1.47 bits per heavy atom. The lowest BCUT2D eigenvalue weighted by Gasteiger charge is -2.06. The number of aromatic nitrogens is 1. The molecule has 1 aromatic rings. The van der Waals surface area contributed by atoms with Crippen LogP contribution in [0.15, 0.2) is 6.20 Å². The summed E-state index contributed by atoms with van der Waals surface area (Å²) in [6.07, 6.45) is 1.49. The predicted octanol–water partition coefficient (Wildman–Crippen LogP) is 1.62. The molecule has 1 heterocycles. The molecule has 0 spiro atoms. The molecule has 0 bridgehead atoms. The van der Waals surface area contributed by atoms with Crippen LogP contribution in [0.1, 0.15) is 29.9 Å². The maximum Gasteiger partial charge on any atom is 0.339 e. The highest BCUT2D eigenvalue weighted by Gasteiger charge is 2.17. The van der Waals surface area contributed by atoms with Crippen molar-refractivity contribution in [2.24, 2.45) is 5.92 Å². The monoisotopic (exact) mass is 210 g/mol. The van der Waals surface area contributed by atoms with Crippen molar-refractivity contribution in [2.45, 2.75) is 20.8 Å². The number of carbonyl (C=O) groups is 2. The number of amides is 1. The third-order valence-corrected chi connectivity index (χ3v) is 2.07. The van der Waals surface area contributed by atoms with Crippen LogP contribution in [0.2, 0.25) is 0 Å². The molecule has 5 nitrogen and oxygen atoms in total. The number of aromatic amines is 1. The first kappa shape index (κ1) is 11.3. The topological polar surface area (TPSA) is 82.2 Å². The van der Waals surface area contributed by atoms with Gasteiger partial charge in [0.05, 0.1) is 5.69 Å². The molecule has 1 amide bonds. The van der Waals surface area contributed by atoms with Gasteiger partial charge in [-0.25, -0.2) is 4.79 Å². The van der Waals surface area contributed by atoms with Crippen molar-refractivity contribution < 1.29 is 14.7 Å². The quantitative estimate of drug-likeness (QED) is 0.708. The summed E-state index contributed by atoms with van der Waals surface area (Å²) >= 11 is 0. The Morgan fingerprint density at radius 3 is 2.53 bits per heavy atom. The van der Waals surface area contributed by atoms with Crippen molar-refractivity contribution in [3.05, 3.63) is 17.5 Å². The smallest absolute Gasteiger partial charge is 0.339 e. The molecular formula is C10H14N2O3. The summed E-state index contributed by atoms with van der Waals surface area (Å²) in [6, 6.07) is 0. The Morgan fingerprint density at radius 2 is 2.07 bits per heavy atom. The second-order valence-corrected chi connectivity index (χ2v) is 3.65.